The van der Waals surface area contributed by atoms with E-state index in [1.807, 2.05) is 39.8 Å². The third kappa shape index (κ3) is 3.01. The predicted molar refractivity (Wildman–Crippen MR) is 82.5 cm³/mol. The molecule has 1 aromatic carbocycles. The number of benzene rings is 1. The molecule has 1 atom stereocenters. The van der Waals surface area contributed by atoms with Crippen LogP contribution in [0.2, 0.25) is 0 Å². The second kappa shape index (κ2) is 5.88. The SMILES string of the molecule is COc1ccc2c(c1C)C(CC#N)N(C(=O)OC(C)(C)C)C2. The van der Waals surface area contributed by atoms with Gasteiger partial charge in [-0.3, -0.25) is 4.90 Å². The molecular formula is C17H22N2O3. The molecule has 1 aromatic rings. The van der Waals surface area contributed by atoms with Crippen LogP contribution in [0.4, 0.5) is 4.79 Å². The van der Waals surface area contributed by atoms with E-state index in [-0.39, 0.29) is 18.6 Å². The molecule has 0 spiro atoms. The van der Waals surface area contributed by atoms with E-state index in [9.17, 15) is 4.79 Å². The minimum atomic E-state index is -0.560. The molecule has 0 fully saturated rings. The van der Waals surface area contributed by atoms with Crippen LogP contribution in [-0.2, 0) is 11.3 Å². The average molecular weight is 302 g/mol. The Morgan fingerprint density at radius 3 is 2.68 bits per heavy atom. The second-order valence-electron chi connectivity index (χ2n) is 6.45. The van der Waals surface area contributed by atoms with Gasteiger partial charge in [-0.25, -0.2) is 4.79 Å². The van der Waals surface area contributed by atoms with Crippen molar-refractivity contribution in [3.05, 3.63) is 28.8 Å². The molecule has 1 aliphatic heterocycles. The summed E-state index contributed by atoms with van der Waals surface area (Å²) in [5.74, 6) is 0.771. The lowest BCUT2D eigenvalue weighted by atomic mass is 9.97. The molecule has 1 amide bonds. The Kier molecular flexibility index (Phi) is 4.32. The summed E-state index contributed by atoms with van der Waals surface area (Å²) in [6, 6.07) is 5.74. The number of ether oxygens (including phenoxy) is 2. The maximum absolute atomic E-state index is 12.4. The highest BCUT2D eigenvalue weighted by Crippen LogP contribution is 2.41. The molecule has 1 aliphatic rings. The number of methoxy groups -OCH3 is 1. The zero-order chi connectivity index (χ0) is 16.5. The maximum atomic E-state index is 12.4. The van der Waals surface area contributed by atoms with Crippen LogP contribution >= 0.6 is 0 Å². The number of hydrogen-bond acceptors (Lipinski definition) is 4. The summed E-state index contributed by atoms with van der Waals surface area (Å²) >= 11 is 0. The monoisotopic (exact) mass is 302 g/mol. The molecule has 0 bridgehead atoms. The maximum Gasteiger partial charge on any atom is 0.411 e. The van der Waals surface area contributed by atoms with Crippen LogP contribution in [0.15, 0.2) is 12.1 Å². The smallest absolute Gasteiger partial charge is 0.411 e. The molecule has 5 heteroatoms. The Balaban J connectivity index is 2.38. The summed E-state index contributed by atoms with van der Waals surface area (Å²) in [6.07, 6.45) is -0.150. The number of nitrogens with zero attached hydrogens (tertiary/aromatic N) is 2. The van der Waals surface area contributed by atoms with Gasteiger partial charge in [0.05, 0.1) is 32.2 Å². The van der Waals surface area contributed by atoms with E-state index in [1.165, 1.54) is 0 Å². The van der Waals surface area contributed by atoms with Crippen molar-refractivity contribution in [1.29, 1.82) is 5.26 Å². The van der Waals surface area contributed by atoms with Gasteiger partial charge in [0, 0.05) is 0 Å². The van der Waals surface area contributed by atoms with Crippen molar-refractivity contribution >= 4 is 6.09 Å². The lowest BCUT2D eigenvalue weighted by molar-refractivity contribution is 0.0175. The minimum Gasteiger partial charge on any atom is -0.496 e. The first kappa shape index (κ1) is 16.2. The molecule has 22 heavy (non-hydrogen) atoms. The minimum absolute atomic E-state index is 0.236. The molecule has 0 aromatic heterocycles. The topological polar surface area (TPSA) is 62.6 Å². The molecule has 0 saturated carbocycles. The third-order valence-electron chi connectivity index (χ3n) is 3.74. The summed E-state index contributed by atoms with van der Waals surface area (Å²) in [4.78, 5) is 14.1. The predicted octanol–water partition coefficient (Wildman–Crippen LogP) is 3.71. The van der Waals surface area contributed by atoms with E-state index in [4.69, 9.17) is 14.7 Å². The molecule has 1 unspecified atom stereocenters. The fourth-order valence-electron chi connectivity index (χ4n) is 2.85. The van der Waals surface area contributed by atoms with Crippen LogP contribution in [0.1, 0.15) is 49.9 Å². The fourth-order valence-corrected chi connectivity index (χ4v) is 2.85. The number of nitriles is 1. The number of carbonyl (C=O) groups excluding carboxylic acids is 1. The quantitative estimate of drug-likeness (QED) is 0.835. The Morgan fingerprint density at radius 2 is 2.14 bits per heavy atom. The molecule has 118 valence electrons. The largest absolute Gasteiger partial charge is 0.496 e. The highest BCUT2D eigenvalue weighted by atomic mass is 16.6. The molecule has 0 saturated heterocycles. The lowest BCUT2D eigenvalue weighted by Gasteiger charge is -2.28. The number of rotatable bonds is 2. The van der Waals surface area contributed by atoms with Gasteiger partial charge in [-0.2, -0.15) is 5.26 Å². The Hall–Kier alpha value is -2.22. The summed E-state index contributed by atoms with van der Waals surface area (Å²) in [5, 5.41) is 9.14. The van der Waals surface area contributed by atoms with Gasteiger partial charge in [0.15, 0.2) is 0 Å². The van der Waals surface area contributed by atoms with Gasteiger partial charge >= 0.3 is 6.09 Å². The first-order chi connectivity index (χ1) is 10.3. The summed E-state index contributed by atoms with van der Waals surface area (Å²) in [5.41, 5.74) is 2.47. The highest BCUT2D eigenvalue weighted by Gasteiger charge is 2.37. The van der Waals surface area contributed by atoms with Crippen LogP contribution in [-0.4, -0.2) is 23.7 Å². The number of hydrogen-bond donors (Lipinski definition) is 0. The fraction of sp³-hybridized carbons (Fsp3) is 0.529. The van der Waals surface area contributed by atoms with Gasteiger partial charge in [0.25, 0.3) is 0 Å². The number of amides is 1. The number of fused-ring (bicyclic) bond motifs is 1. The molecule has 1 heterocycles. The van der Waals surface area contributed by atoms with E-state index in [0.717, 1.165) is 22.4 Å². The normalized spacial score (nSPS) is 16.9. The van der Waals surface area contributed by atoms with Crippen molar-refractivity contribution in [2.24, 2.45) is 0 Å². The van der Waals surface area contributed by atoms with Gasteiger partial charge in [-0.1, -0.05) is 6.07 Å². The van der Waals surface area contributed by atoms with Crippen LogP contribution in [0, 0.1) is 18.3 Å². The van der Waals surface area contributed by atoms with Crippen molar-refractivity contribution in [2.45, 2.75) is 52.3 Å². The van der Waals surface area contributed by atoms with Crippen LogP contribution in [0.5, 0.6) is 5.75 Å². The first-order valence-corrected chi connectivity index (χ1v) is 7.31. The summed E-state index contributed by atoms with van der Waals surface area (Å²) < 4.78 is 10.8. The standard InChI is InChI=1S/C17H22N2O3/c1-11-14(21-5)7-6-12-10-19(13(8-9-18)15(11)12)16(20)22-17(2,3)4/h6-7,13H,8,10H2,1-5H3. The highest BCUT2D eigenvalue weighted by molar-refractivity contribution is 5.71. The first-order valence-electron chi connectivity index (χ1n) is 7.31. The van der Waals surface area contributed by atoms with E-state index in [2.05, 4.69) is 6.07 Å². The van der Waals surface area contributed by atoms with E-state index < -0.39 is 5.60 Å². The van der Waals surface area contributed by atoms with E-state index in [1.54, 1.807) is 12.0 Å². The van der Waals surface area contributed by atoms with Crippen molar-refractivity contribution in [1.82, 2.24) is 4.90 Å². The molecule has 2 rings (SSSR count). The van der Waals surface area contributed by atoms with Crippen LogP contribution in [0.3, 0.4) is 0 Å². The van der Waals surface area contributed by atoms with Gasteiger partial charge in [0.2, 0.25) is 0 Å². The summed E-state index contributed by atoms with van der Waals surface area (Å²) in [6.45, 7) is 7.92. The van der Waals surface area contributed by atoms with Gasteiger partial charge < -0.3 is 9.47 Å². The zero-order valence-corrected chi connectivity index (χ0v) is 13.8. The Morgan fingerprint density at radius 1 is 1.45 bits per heavy atom. The van der Waals surface area contributed by atoms with Crippen molar-refractivity contribution in [3.63, 3.8) is 0 Å². The van der Waals surface area contributed by atoms with Crippen molar-refractivity contribution < 1.29 is 14.3 Å². The number of carbonyl (C=O) groups is 1. The third-order valence-corrected chi connectivity index (χ3v) is 3.74. The second-order valence-corrected chi connectivity index (χ2v) is 6.45. The zero-order valence-electron chi connectivity index (χ0n) is 13.8. The Labute approximate surface area is 131 Å². The van der Waals surface area contributed by atoms with E-state index >= 15 is 0 Å². The van der Waals surface area contributed by atoms with Gasteiger partial charge in [-0.05, 0) is 50.5 Å². The molecule has 0 N–H and O–H groups in total. The van der Waals surface area contributed by atoms with Crippen molar-refractivity contribution in [2.75, 3.05) is 7.11 Å². The van der Waals surface area contributed by atoms with Crippen LogP contribution < -0.4 is 4.74 Å². The lowest BCUT2D eigenvalue weighted by Crippen LogP contribution is -2.35. The van der Waals surface area contributed by atoms with Crippen LogP contribution in [0.25, 0.3) is 0 Å². The summed E-state index contributed by atoms with van der Waals surface area (Å²) in [7, 11) is 1.62. The molecule has 5 nitrogen and oxygen atoms in total. The molecule has 0 radical (unpaired) electrons. The van der Waals surface area contributed by atoms with Gasteiger partial charge in [0.1, 0.15) is 11.4 Å². The average Bonchev–Trinajstić information content (AvgIpc) is 2.77. The molecule has 0 aliphatic carbocycles. The molecular weight excluding hydrogens is 280 g/mol. The van der Waals surface area contributed by atoms with E-state index in [0.29, 0.717) is 6.54 Å². The Bertz CT molecular complexity index is 626. The van der Waals surface area contributed by atoms with Crippen molar-refractivity contribution in [3.8, 4) is 11.8 Å². The van der Waals surface area contributed by atoms with Gasteiger partial charge in [-0.15, -0.1) is 0 Å².